The number of unbranched alkanes of at least 4 members (excludes halogenated alkanes) is 13. The van der Waals surface area contributed by atoms with Crippen LogP contribution in [0.25, 0.3) is 11.1 Å². The van der Waals surface area contributed by atoms with Crippen LogP contribution < -0.4 is 9.47 Å². The molecule has 2 aliphatic heterocycles. The largest absolute Gasteiger partial charge is 0.475 e. The highest BCUT2D eigenvalue weighted by Gasteiger charge is 2.21. The molecule has 2 aromatic rings. The van der Waals surface area contributed by atoms with Crippen molar-refractivity contribution in [2.24, 2.45) is 0 Å². The average molecular weight is 673 g/mol. The average Bonchev–Trinajstić information content (AvgIpc) is 3.76. The highest BCUT2D eigenvalue weighted by molar-refractivity contribution is 6.99. The molecule has 2 aliphatic rings. The van der Waals surface area contributed by atoms with E-state index >= 15 is 0 Å². The maximum absolute atomic E-state index is 6.01. The van der Waals surface area contributed by atoms with Gasteiger partial charge >= 0.3 is 0 Å². The number of hydrogen-bond donors (Lipinski definition) is 0. The summed E-state index contributed by atoms with van der Waals surface area (Å²) < 4.78 is 30.1. The zero-order valence-electron chi connectivity index (χ0n) is 28.9. The van der Waals surface area contributed by atoms with Crippen molar-refractivity contribution in [3.8, 4) is 11.8 Å². The molecule has 0 fully saturated rings. The summed E-state index contributed by atoms with van der Waals surface area (Å²) in [6, 6.07) is 0. The molecule has 0 amide bonds. The van der Waals surface area contributed by atoms with Crippen molar-refractivity contribution < 1.29 is 9.47 Å². The first-order valence-corrected chi connectivity index (χ1v) is 20.0. The van der Waals surface area contributed by atoms with E-state index in [0.29, 0.717) is 0 Å². The molecule has 8 nitrogen and oxygen atoms in total. The molecule has 0 bridgehead atoms. The van der Waals surface area contributed by atoms with Crippen molar-refractivity contribution in [3.05, 3.63) is 23.5 Å². The summed E-state index contributed by atoms with van der Waals surface area (Å²) in [7, 11) is 0. The van der Waals surface area contributed by atoms with Crippen LogP contribution >= 0.6 is 23.5 Å². The molecule has 0 saturated heterocycles. The van der Waals surface area contributed by atoms with Gasteiger partial charge in [0.25, 0.3) is 11.8 Å². The number of nitrogens with zero attached hydrogens (tertiary/aromatic N) is 6. The molecule has 46 heavy (non-hydrogen) atoms. The standard InChI is InChI=1S/C36H60N6O2S2/c1-3-5-7-17-27-43-35-33(37-45-39-35)31-21-19-25-41(29-31)23-15-13-11-9-10-12-14-16-24-42-26-20-22-32(30-42)34-36(40-46-38-34)44-28-18-8-6-4-2/h21-22H,3-20,23-30H2,1-2H3. The Hall–Kier alpha value is -1.88. The Morgan fingerprint density at radius 3 is 1.39 bits per heavy atom. The highest BCUT2D eigenvalue weighted by atomic mass is 32.1. The normalized spacial score (nSPS) is 16.0. The van der Waals surface area contributed by atoms with Crippen molar-refractivity contribution in [2.75, 3.05) is 52.5 Å². The molecular formula is C36H60N6O2S2. The lowest BCUT2D eigenvalue weighted by Crippen LogP contribution is -2.30. The molecule has 258 valence electrons. The lowest BCUT2D eigenvalue weighted by atomic mass is 10.0. The van der Waals surface area contributed by atoms with Gasteiger partial charge in [-0.2, -0.15) is 8.75 Å². The van der Waals surface area contributed by atoms with Crippen molar-refractivity contribution in [1.82, 2.24) is 27.3 Å². The second-order valence-corrected chi connectivity index (χ2v) is 14.1. The van der Waals surface area contributed by atoms with Crippen LogP contribution in [0.4, 0.5) is 0 Å². The highest BCUT2D eigenvalue weighted by Crippen LogP contribution is 2.29. The Labute approximate surface area is 287 Å². The smallest absolute Gasteiger partial charge is 0.253 e. The van der Waals surface area contributed by atoms with E-state index in [1.807, 2.05) is 0 Å². The fraction of sp³-hybridized carbons (Fsp3) is 0.778. The zero-order chi connectivity index (χ0) is 32.1. The van der Waals surface area contributed by atoms with Gasteiger partial charge < -0.3 is 9.47 Å². The number of hydrogen-bond acceptors (Lipinski definition) is 10. The summed E-state index contributed by atoms with van der Waals surface area (Å²) in [6.45, 7) is 12.6. The zero-order valence-corrected chi connectivity index (χ0v) is 30.5. The molecular weight excluding hydrogens is 613 g/mol. The van der Waals surface area contributed by atoms with Gasteiger partial charge in [0, 0.05) is 26.2 Å². The first kappa shape index (κ1) is 36.9. The van der Waals surface area contributed by atoms with Crippen LogP contribution in [0.2, 0.25) is 0 Å². The molecule has 0 spiro atoms. The fourth-order valence-corrected chi connectivity index (χ4v) is 7.47. The van der Waals surface area contributed by atoms with Crippen LogP contribution in [0.3, 0.4) is 0 Å². The van der Waals surface area contributed by atoms with Gasteiger partial charge in [0.2, 0.25) is 0 Å². The van der Waals surface area contributed by atoms with Crippen LogP contribution in [0.1, 0.15) is 141 Å². The van der Waals surface area contributed by atoms with Crippen molar-refractivity contribution in [3.63, 3.8) is 0 Å². The maximum Gasteiger partial charge on any atom is 0.253 e. The van der Waals surface area contributed by atoms with Crippen LogP contribution in [-0.4, -0.2) is 79.8 Å². The van der Waals surface area contributed by atoms with Gasteiger partial charge in [-0.1, -0.05) is 103 Å². The van der Waals surface area contributed by atoms with Crippen LogP contribution in [0.15, 0.2) is 12.2 Å². The van der Waals surface area contributed by atoms with Gasteiger partial charge in [-0.05, 0) is 62.8 Å². The van der Waals surface area contributed by atoms with Gasteiger partial charge in [0.15, 0.2) is 0 Å². The minimum atomic E-state index is 0.743. The number of rotatable bonds is 25. The lowest BCUT2D eigenvalue weighted by molar-refractivity contribution is 0.286. The Bertz CT molecular complexity index is 1060. The number of ether oxygens (including phenoxy) is 2. The Kier molecular flexibility index (Phi) is 18.2. The topological polar surface area (TPSA) is 76.5 Å². The molecule has 0 aromatic carbocycles. The van der Waals surface area contributed by atoms with E-state index in [1.54, 1.807) is 0 Å². The van der Waals surface area contributed by atoms with Crippen molar-refractivity contribution in [2.45, 2.75) is 129 Å². The van der Waals surface area contributed by atoms with Crippen molar-refractivity contribution >= 4 is 34.6 Å². The summed E-state index contributed by atoms with van der Waals surface area (Å²) in [6.07, 6.45) is 27.2. The fourth-order valence-electron chi connectivity index (χ4n) is 6.41. The molecule has 2 aromatic heterocycles. The van der Waals surface area contributed by atoms with Gasteiger partial charge in [-0.3, -0.25) is 9.80 Å². The molecule has 10 heteroatoms. The van der Waals surface area contributed by atoms with E-state index in [4.69, 9.17) is 9.47 Å². The molecule has 0 N–H and O–H groups in total. The Morgan fingerprint density at radius 1 is 0.543 bits per heavy atom. The van der Waals surface area contributed by atoms with E-state index in [-0.39, 0.29) is 0 Å². The third-order valence-electron chi connectivity index (χ3n) is 9.16. The monoisotopic (exact) mass is 672 g/mol. The Morgan fingerprint density at radius 2 is 0.957 bits per heavy atom. The molecule has 0 radical (unpaired) electrons. The van der Waals surface area contributed by atoms with Gasteiger partial charge in [0.1, 0.15) is 11.4 Å². The van der Waals surface area contributed by atoms with E-state index in [1.165, 1.54) is 138 Å². The van der Waals surface area contributed by atoms with E-state index < -0.39 is 0 Å². The molecule has 4 rings (SSSR count). The quantitative estimate of drug-likeness (QED) is 0.0967. The molecule has 4 heterocycles. The predicted molar refractivity (Wildman–Crippen MR) is 194 cm³/mol. The summed E-state index contributed by atoms with van der Waals surface area (Å²) >= 11 is 2.55. The first-order valence-electron chi connectivity index (χ1n) is 18.5. The third-order valence-corrected chi connectivity index (χ3v) is 10.2. The minimum absolute atomic E-state index is 0.743. The predicted octanol–water partition coefficient (Wildman–Crippen LogP) is 9.31. The van der Waals surface area contributed by atoms with Gasteiger partial charge in [-0.15, -0.1) is 8.75 Å². The van der Waals surface area contributed by atoms with Crippen LogP contribution in [0.5, 0.6) is 11.8 Å². The maximum atomic E-state index is 6.01. The molecule has 0 saturated carbocycles. The van der Waals surface area contributed by atoms with E-state index in [9.17, 15) is 0 Å². The summed E-state index contributed by atoms with van der Waals surface area (Å²) in [4.78, 5) is 5.18. The third kappa shape index (κ3) is 13.3. The van der Waals surface area contributed by atoms with Gasteiger partial charge in [0.05, 0.1) is 36.7 Å². The SMILES string of the molecule is CCCCCCOc1nsnc1C1=CCCN(CCCCCCCCCCN2CCC=C(c3nsnc3OCCCCCC)C2)C1. The summed E-state index contributed by atoms with van der Waals surface area (Å²) in [5, 5.41) is 0. The first-order chi connectivity index (χ1) is 22.8. The van der Waals surface area contributed by atoms with E-state index in [2.05, 4.69) is 53.3 Å². The summed E-state index contributed by atoms with van der Waals surface area (Å²) in [5.41, 5.74) is 4.55. The van der Waals surface area contributed by atoms with E-state index in [0.717, 1.165) is 88.2 Å². The molecule has 0 atom stereocenters. The second kappa shape index (κ2) is 22.6. The lowest BCUT2D eigenvalue weighted by Gasteiger charge is -2.26. The minimum Gasteiger partial charge on any atom is -0.475 e. The van der Waals surface area contributed by atoms with Gasteiger partial charge in [-0.25, -0.2) is 0 Å². The summed E-state index contributed by atoms with van der Waals surface area (Å²) in [5.74, 6) is 1.49. The van der Waals surface area contributed by atoms with Crippen molar-refractivity contribution in [1.29, 1.82) is 0 Å². The molecule has 0 aliphatic carbocycles. The molecule has 0 unspecified atom stereocenters. The van der Waals surface area contributed by atoms with Crippen LogP contribution in [-0.2, 0) is 0 Å². The second-order valence-electron chi connectivity index (χ2n) is 13.1. The number of aromatic nitrogens is 4. The Balaban J connectivity index is 1.01. The van der Waals surface area contributed by atoms with Crippen LogP contribution in [0, 0.1) is 0 Å².